The van der Waals surface area contributed by atoms with Crippen molar-refractivity contribution in [1.29, 1.82) is 0 Å². The first-order valence-electron chi connectivity index (χ1n) is 6.14. The van der Waals surface area contributed by atoms with E-state index in [9.17, 15) is 13.2 Å². The van der Waals surface area contributed by atoms with Crippen LogP contribution in [0.4, 0.5) is 13.2 Å². The van der Waals surface area contributed by atoms with Crippen LogP contribution in [-0.4, -0.2) is 13.4 Å². The lowest BCUT2D eigenvalue weighted by molar-refractivity contribution is -0.286. The monoisotopic (exact) mass is 296 g/mol. The molecule has 0 radical (unpaired) electrons. The topological polar surface area (TPSA) is 27.7 Å². The molecule has 0 fully saturated rings. The molecule has 1 aliphatic heterocycles. The number of hydrogen-bond donors (Lipinski definition) is 0. The van der Waals surface area contributed by atoms with E-state index in [2.05, 4.69) is 9.47 Å². The van der Waals surface area contributed by atoms with Gasteiger partial charge in [0.2, 0.25) is 0 Å². The van der Waals surface area contributed by atoms with Gasteiger partial charge in [0.25, 0.3) is 0 Å². The molecule has 6 heteroatoms. The van der Waals surface area contributed by atoms with E-state index in [1.165, 1.54) is 25.3 Å². The van der Waals surface area contributed by atoms with Crippen molar-refractivity contribution in [2.45, 2.75) is 13.2 Å². The van der Waals surface area contributed by atoms with Gasteiger partial charge in [0.1, 0.15) is 0 Å². The van der Waals surface area contributed by atoms with E-state index in [0.717, 1.165) is 0 Å². The highest BCUT2D eigenvalue weighted by Crippen LogP contribution is 2.48. The molecule has 0 unspecified atom stereocenters. The fourth-order valence-corrected chi connectivity index (χ4v) is 2.28. The zero-order valence-corrected chi connectivity index (χ0v) is 11.2. The molecule has 3 nitrogen and oxygen atoms in total. The number of halogens is 3. The smallest absolute Gasteiger partial charge is 0.494 e. The van der Waals surface area contributed by atoms with Gasteiger partial charge in [-0.05, 0) is 36.2 Å². The Morgan fingerprint density at radius 1 is 1.10 bits per heavy atom. The van der Waals surface area contributed by atoms with E-state index in [1.807, 2.05) is 0 Å². The van der Waals surface area contributed by atoms with Crippen molar-refractivity contribution in [2.75, 3.05) is 7.11 Å². The maximum atomic E-state index is 13.9. The molecule has 0 aliphatic carbocycles. The van der Waals surface area contributed by atoms with Gasteiger partial charge in [-0.1, -0.05) is 12.1 Å². The number of fused-ring (bicyclic) bond motifs is 1. The van der Waals surface area contributed by atoms with Crippen LogP contribution < -0.4 is 14.2 Å². The molecule has 0 spiro atoms. The molecule has 0 atom stereocenters. The van der Waals surface area contributed by atoms with Crippen LogP contribution in [0.25, 0.3) is 11.1 Å². The first-order chi connectivity index (χ1) is 9.91. The van der Waals surface area contributed by atoms with E-state index in [4.69, 9.17) is 4.74 Å². The third-order valence-corrected chi connectivity index (χ3v) is 3.22. The Morgan fingerprint density at radius 2 is 1.86 bits per heavy atom. The molecule has 21 heavy (non-hydrogen) atoms. The molecule has 2 aromatic carbocycles. The summed E-state index contributed by atoms with van der Waals surface area (Å²) in [7, 11) is 1.36. The molecule has 0 saturated carbocycles. The molecule has 0 amide bonds. The summed E-state index contributed by atoms with van der Waals surface area (Å²) < 4.78 is 54.1. The van der Waals surface area contributed by atoms with Crippen molar-refractivity contribution >= 4 is 0 Å². The molecule has 110 valence electrons. The Balaban J connectivity index is 2.16. The average molecular weight is 296 g/mol. The van der Waals surface area contributed by atoms with Crippen molar-refractivity contribution in [3.05, 3.63) is 41.7 Å². The van der Waals surface area contributed by atoms with Crippen molar-refractivity contribution in [3.63, 3.8) is 0 Å². The SMILES string of the molecule is COc1cc(C)c(-c2cccc3c2OC(F)(F)O3)cc1F. The maximum Gasteiger partial charge on any atom is 0.586 e. The Hall–Kier alpha value is -2.37. The van der Waals surface area contributed by atoms with E-state index in [-0.39, 0.29) is 17.2 Å². The van der Waals surface area contributed by atoms with Crippen LogP contribution in [0, 0.1) is 12.7 Å². The number of ether oxygens (including phenoxy) is 3. The molecule has 2 aromatic rings. The van der Waals surface area contributed by atoms with Crippen LogP contribution >= 0.6 is 0 Å². The van der Waals surface area contributed by atoms with Crippen LogP contribution in [0.5, 0.6) is 17.2 Å². The van der Waals surface area contributed by atoms with Gasteiger partial charge in [-0.25, -0.2) is 4.39 Å². The third kappa shape index (κ3) is 2.26. The van der Waals surface area contributed by atoms with E-state index >= 15 is 0 Å². The van der Waals surface area contributed by atoms with Gasteiger partial charge in [-0.3, -0.25) is 0 Å². The number of benzene rings is 2. The molecule has 1 aliphatic rings. The van der Waals surface area contributed by atoms with Gasteiger partial charge >= 0.3 is 6.29 Å². The second-order valence-corrected chi connectivity index (χ2v) is 4.60. The molecule has 0 bridgehead atoms. The summed E-state index contributed by atoms with van der Waals surface area (Å²) >= 11 is 0. The van der Waals surface area contributed by atoms with Crippen LogP contribution in [0.1, 0.15) is 5.56 Å². The van der Waals surface area contributed by atoms with Crippen molar-refractivity contribution < 1.29 is 27.4 Å². The Labute approximate surface area is 118 Å². The van der Waals surface area contributed by atoms with Crippen LogP contribution in [0.3, 0.4) is 0 Å². The minimum Gasteiger partial charge on any atom is -0.494 e. The summed E-state index contributed by atoms with van der Waals surface area (Å²) in [6, 6.07) is 7.20. The Bertz CT molecular complexity index is 714. The highest BCUT2D eigenvalue weighted by Gasteiger charge is 2.44. The molecular weight excluding hydrogens is 285 g/mol. The minimum absolute atomic E-state index is 0.0758. The molecule has 0 aromatic heterocycles. The van der Waals surface area contributed by atoms with Crippen molar-refractivity contribution in [3.8, 4) is 28.4 Å². The number of aryl methyl sites for hydroxylation is 1. The lowest BCUT2D eigenvalue weighted by atomic mass is 9.99. The molecule has 0 N–H and O–H groups in total. The highest BCUT2D eigenvalue weighted by molar-refractivity contribution is 5.77. The minimum atomic E-state index is -3.71. The Morgan fingerprint density at radius 3 is 2.57 bits per heavy atom. The lowest BCUT2D eigenvalue weighted by Gasteiger charge is -2.12. The van der Waals surface area contributed by atoms with Gasteiger partial charge in [-0.15, -0.1) is 8.78 Å². The quantitative estimate of drug-likeness (QED) is 0.834. The summed E-state index contributed by atoms with van der Waals surface area (Å²) in [6.45, 7) is 1.73. The van der Waals surface area contributed by atoms with Crippen molar-refractivity contribution in [1.82, 2.24) is 0 Å². The summed E-state index contributed by atoms with van der Waals surface area (Å²) in [5.41, 5.74) is 1.44. The number of alkyl halides is 2. The molecular formula is C15H11F3O3. The Kier molecular flexibility index (Phi) is 2.97. The van der Waals surface area contributed by atoms with E-state index in [1.54, 1.807) is 19.1 Å². The summed E-state index contributed by atoms with van der Waals surface area (Å²) in [5, 5.41) is 0. The third-order valence-electron chi connectivity index (χ3n) is 3.22. The van der Waals surface area contributed by atoms with Crippen LogP contribution in [0.2, 0.25) is 0 Å². The number of rotatable bonds is 2. The maximum absolute atomic E-state index is 13.9. The molecule has 3 rings (SSSR count). The van der Waals surface area contributed by atoms with E-state index < -0.39 is 12.1 Å². The first-order valence-corrected chi connectivity index (χ1v) is 6.14. The highest BCUT2D eigenvalue weighted by atomic mass is 19.3. The van der Waals surface area contributed by atoms with E-state index in [0.29, 0.717) is 16.7 Å². The van der Waals surface area contributed by atoms with Gasteiger partial charge in [0, 0.05) is 5.56 Å². The zero-order chi connectivity index (χ0) is 15.2. The standard InChI is InChI=1S/C15H11F3O3/c1-8-6-13(19-2)11(16)7-10(8)9-4-3-5-12-14(9)21-15(17,18)20-12/h3-7H,1-2H3. The van der Waals surface area contributed by atoms with Gasteiger partial charge < -0.3 is 14.2 Å². The van der Waals surface area contributed by atoms with Gasteiger partial charge in [-0.2, -0.15) is 0 Å². The predicted molar refractivity (Wildman–Crippen MR) is 69.3 cm³/mol. The summed E-state index contributed by atoms with van der Waals surface area (Å²) in [6.07, 6.45) is -3.71. The zero-order valence-electron chi connectivity index (χ0n) is 11.2. The summed E-state index contributed by atoms with van der Waals surface area (Å²) in [5.74, 6) is -0.670. The second kappa shape index (κ2) is 4.58. The van der Waals surface area contributed by atoms with Crippen LogP contribution in [-0.2, 0) is 0 Å². The van der Waals surface area contributed by atoms with Gasteiger partial charge in [0.15, 0.2) is 23.1 Å². The second-order valence-electron chi connectivity index (χ2n) is 4.60. The number of hydrogen-bond acceptors (Lipinski definition) is 3. The lowest BCUT2D eigenvalue weighted by Crippen LogP contribution is -2.26. The fourth-order valence-electron chi connectivity index (χ4n) is 2.28. The van der Waals surface area contributed by atoms with Crippen LogP contribution in [0.15, 0.2) is 30.3 Å². The molecule has 0 saturated heterocycles. The van der Waals surface area contributed by atoms with Crippen molar-refractivity contribution in [2.24, 2.45) is 0 Å². The number of para-hydroxylation sites is 1. The number of methoxy groups -OCH3 is 1. The fraction of sp³-hybridized carbons (Fsp3) is 0.200. The largest absolute Gasteiger partial charge is 0.586 e. The first kappa shape index (κ1) is 13.6. The molecule has 1 heterocycles. The predicted octanol–water partition coefficient (Wildman–Crippen LogP) is 4.13. The summed E-state index contributed by atoms with van der Waals surface area (Å²) in [4.78, 5) is 0. The van der Waals surface area contributed by atoms with Gasteiger partial charge in [0.05, 0.1) is 7.11 Å². The average Bonchev–Trinajstić information content (AvgIpc) is 2.74. The normalized spacial score (nSPS) is 15.1.